The van der Waals surface area contributed by atoms with Crippen LogP contribution in [0.2, 0.25) is 0 Å². The van der Waals surface area contributed by atoms with Gasteiger partial charge in [0.15, 0.2) is 17.3 Å². The normalized spacial score (nSPS) is 11.6. The van der Waals surface area contributed by atoms with Crippen LogP contribution in [0.4, 0.5) is 15.0 Å². The second kappa shape index (κ2) is 10.7. The maximum Gasteiger partial charge on any atom is 0.407 e. The van der Waals surface area contributed by atoms with Gasteiger partial charge in [-0.15, -0.1) is 0 Å². The molecule has 3 N–H and O–H groups in total. The van der Waals surface area contributed by atoms with E-state index in [1.165, 1.54) is 13.8 Å². The third kappa shape index (κ3) is 6.16. The fourth-order valence-electron chi connectivity index (χ4n) is 3.79. The summed E-state index contributed by atoms with van der Waals surface area (Å²) in [5.74, 6) is 0.900. The van der Waals surface area contributed by atoms with Gasteiger partial charge in [0.05, 0.1) is 12.9 Å². The number of carbonyl (C=O) groups excluding carboxylic acids is 1. The number of nitrogens with two attached hydrogens (primary N) is 1. The van der Waals surface area contributed by atoms with Crippen molar-refractivity contribution in [2.45, 2.75) is 52.4 Å². The molecule has 2 aromatic carbocycles. The zero-order valence-electron chi connectivity index (χ0n) is 20.8. The van der Waals surface area contributed by atoms with Gasteiger partial charge in [-0.1, -0.05) is 54.1 Å². The second-order valence-electron chi connectivity index (χ2n) is 9.28. The molecule has 0 saturated heterocycles. The van der Waals surface area contributed by atoms with E-state index in [0.717, 1.165) is 23.1 Å². The third-order valence-electron chi connectivity index (χ3n) is 5.88. The van der Waals surface area contributed by atoms with E-state index >= 15 is 0 Å². The van der Waals surface area contributed by atoms with E-state index < -0.39 is 11.8 Å². The molecule has 8 nitrogen and oxygen atoms in total. The first-order valence-corrected chi connectivity index (χ1v) is 11.9. The zero-order chi connectivity index (χ0) is 25.7. The number of carbonyl (C=O) groups is 1. The molecule has 0 aliphatic heterocycles. The number of halogens is 1. The highest BCUT2D eigenvalue weighted by molar-refractivity contribution is 5.83. The van der Waals surface area contributed by atoms with Crippen LogP contribution in [-0.4, -0.2) is 32.2 Å². The Kier molecular flexibility index (Phi) is 7.47. The third-order valence-corrected chi connectivity index (χ3v) is 5.88. The predicted octanol–water partition coefficient (Wildman–Crippen LogP) is 5.30. The van der Waals surface area contributed by atoms with E-state index in [0.29, 0.717) is 41.3 Å². The van der Waals surface area contributed by atoms with Gasteiger partial charge in [0.2, 0.25) is 0 Å². The largest absolute Gasteiger partial charge is 0.450 e. The first-order valence-electron chi connectivity index (χ1n) is 11.9. The van der Waals surface area contributed by atoms with Gasteiger partial charge >= 0.3 is 6.09 Å². The molecular formula is C27H31FN6O2. The zero-order valence-corrected chi connectivity index (χ0v) is 20.8. The van der Waals surface area contributed by atoms with Crippen LogP contribution in [0.5, 0.6) is 0 Å². The fraction of sp³-hybridized carbons (Fsp3) is 0.333. The summed E-state index contributed by atoms with van der Waals surface area (Å²) in [4.78, 5) is 25.5. The highest BCUT2D eigenvalue weighted by atomic mass is 19.1. The van der Waals surface area contributed by atoms with Crippen molar-refractivity contribution in [2.75, 3.05) is 12.3 Å². The van der Waals surface area contributed by atoms with E-state index in [4.69, 9.17) is 10.5 Å². The summed E-state index contributed by atoms with van der Waals surface area (Å²) in [6.07, 6.45) is 2.63. The van der Waals surface area contributed by atoms with E-state index in [2.05, 4.69) is 20.3 Å². The number of imidazole rings is 1. The number of alkyl carbamates (subject to hydrolysis) is 1. The molecule has 1 amide bonds. The van der Waals surface area contributed by atoms with Crippen LogP contribution in [0.15, 0.2) is 54.9 Å². The molecule has 0 bridgehead atoms. The van der Waals surface area contributed by atoms with Crippen molar-refractivity contribution in [3.8, 4) is 11.4 Å². The molecule has 9 heteroatoms. The van der Waals surface area contributed by atoms with Crippen molar-refractivity contribution in [3.05, 3.63) is 71.5 Å². The number of amides is 1. The molecule has 2 aromatic heterocycles. The van der Waals surface area contributed by atoms with Crippen LogP contribution in [0.3, 0.4) is 0 Å². The van der Waals surface area contributed by atoms with Crippen molar-refractivity contribution >= 4 is 23.1 Å². The lowest BCUT2D eigenvalue weighted by Gasteiger charge is -2.15. The highest BCUT2D eigenvalue weighted by Crippen LogP contribution is 2.25. The molecule has 0 saturated carbocycles. The average Bonchev–Trinajstić information content (AvgIpc) is 3.26. The number of unbranched alkanes of at least 4 members (excludes halogenated alkanes) is 1. The lowest BCUT2D eigenvalue weighted by Crippen LogP contribution is -2.24. The smallest absolute Gasteiger partial charge is 0.407 e. The molecule has 188 valence electrons. The number of alkyl halides is 1. The lowest BCUT2D eigenvalue weighted by molar-refractivity contribution is 0.143. The number of ether oxygens (including phenoxy) is 1. The van der Waals surface area contributed by atoms with Crippen LogP contribution in [0.1, 0.15) is 43.4 Å². The Balaban J connectivity index is 1.26. The minimum atomic E-state index is -1.43. The van der Waals surface area contributed by atoms with Crippen LogP contribution in [-0.2, 0) is 23.5 Å². The molecule has 0 aliphatic rings. The van der Waals surface area contributed by atoms with Crippen molar-refractivity contribution in [1.29, 1.82) is 0 Å². The number of fused-ring (bicyclic) bond motifs is 1. The van der Waals surface area contributed by atoms with Crippen molar-refractivity contribution in [3.63, 3.8) is 0 Å². The van der Waals surface area contributed by atoms with Crippen molar-refractivity contribution in [1.82, 2.24) is 24.8 Å². The van der Waals surface area contributed by atoms with E-state index in [9.17, 15) is 9.18 Å². The quantitative estimate of drug-likeness (QED) is 0.309. The van der Waals surface area contributed by atoms with Crippen LogP contribution < -0.4 is 11.1 Å². The molecule has 36 heavy (non-hydrogen) atoms. The topological polar surface area (TPSA) is 108 Å². The first-order chi connectivity index (χ1) is 17.2. The van der Waals surface area contributed by atoms with Gasteiger partial charge in [0, 0.05) is 18.7 Å². The Morgan fingerprint density at radius 3 is 2.67 bits per heavy atom. The molecule has 0 fully saturated rings. The molecule has 2 heterocycles. The van der Waals surface area contributed by atoms with Gasteiger partial charge < -0.3 is 20.4 Å². The van der Waals surface area contributed by atoms with Gasteiger partial charge in [-0.05, 0) is 44.7 Å². The summed E-state index contributed by atoms with van der Waals surface area (Å²) in [7, 11) is 0. The molecule has 0 radical (unpaired) electrons. The summed E-state index contributed by atoms with van der Waals surface area (Å²) in [5, 5.41) is 2.71. The minimum Gasteiger partial charge on any atom is -0.450 e. The summed E-state index contributed by atoms with van der Waals surface area (Å²) < 4.78 is 21.3. The van der Waals surface area contributed by atoms with Crippen molar-refractivity contribution in [2.24, 2.45) is 0 Å². The van der Waals surface area contributed by atoms with Crippen LogP contribution >= 0.6 is 0 Å². The number of benzene rings is 2. The Morgan fingerprint density at radius 2 is 1.92 bits per heavy atom. The number of hydrogen-bond acceptors (Lipinski definition) is 6. The van der Waals surface area contributed by atoms with E-state index in [1.54, 1.807) is 24.5 Å². The van der Waals surface area contributed by atoms with Crippen LogP contribution in [0.25, 0.3) is 22.6 Å². The predicted molar refractivity (Wildman–Crippen MR) is 138 cm³/mol. The summed E-state index contributed by atoms with van der Waals surface area (Å²) in [6.45, 7) is 6.24. The SMILES string of the molecule is Cc1ccc(-c2nc(N)c3ncn(CCCCOC(=O)NCc4cccc(C(C)(C)F)c4)c3n2)cc1. The van der Waals surface area contributed by atoms with Crippen molar-refractivity contribution < 1.29 is 13.9 Å². The first kappa shape index (κ1) is 25.1. The Hall–Kier alpha value is -4.01. The monoisotopic (exact) mass is 490 g/mol. The number of anilines is 1. The van der Waals surface area contributed by atoms with Gasteiger partial charge in [-0.25, -0.2) is 24.1 Å². The number of nitrogens with zero attached hydrogens (tertiary/aromatic N) is 4. The molecule has 0 unspecified atom stereocenters. The standard InChI is InChI=1S/C27H31FN6O2/c1-18-9-11-20(12-10-18)24-32-23(29)22-25(33-24)34(17-31-22)13-4-5-14-36-26(35)30-16-19-7-6-8-21(15-19)27(2,3)28/h6-12,15,17H,4-5,13-14,16H2,1-3H3,(H,30,35)(H2,29,32,33). The highest BCUT2D eigenvalue weighted by Gasteiger charge is 2.18. The van der Waals surface area contributed by atoms with E-state index in [-0.39, 0.29) is 13.2 Å². The Labute approximate surface area is 209 Å². The van der Waals surface area contributed by atoms with Gasteiger partial charge in [-0.2, -0.15) is 0 Å². The molecule has 0 spiro atoms. The van der Waals surface area contributed by atoms with Crippen LogP contribution in [0, 0.1) is 6.92 Å². The second-order valence-corrected chi connectivity index (χ2v) is 9.28. The number of nitrogens with one attached hydrogen (secondary N) is 1. The number of nitrogen functional groups attached to an aromatic ring is 1. The molecule has 0 atom stereocenters. The summed E-state index contributed by atoms with van der Waals surface area (Å²) >= 11 is 0. The molecule has 4 rings (SSSR count). The van der Waals surface area contributed by atoms with Gasteiger partial charge in [0.25, 0.3) is 0 Å². The number of aryl methyl sites for hydroxylation is 2. The summed E-state index contributed by atoms with van der Waals surface area (Å²) in [5.41, 5.74) is 9.38. The molecular weight excluding hydrogens is 459 g/mol. The van der Waals surface area contributed by atoms with Gasteiger partial charge in [-0.3, -0.25) is 0 Å². The summed E-state index contributed by atoms with van der Waals surface area (Å²) in [6, 6.07) is 15.1. The maximum absolute atomic E-state index is 14.1. The maximum atomic E-state index is 14.1. The average molecular weight is 491 g/mol. The lowest BCUT2D eigenvalue weighted by atomic mass is 9.98. The molecule has 4 aromatic rings. The Morgan fingerprint density at radius 1 is 1.14 bits per heavy atom. The molecule has 0 aliphatic carbocycles. The number of hydrogen-bond donors (Lipinski definition) is 2. The van der Waals surface area contributed by atoms with E-state index in [1.807, 2.05) is 41.8 Å². The number of aromatic nitrogens is 4. The van der Waals surface area contributed by atoms with Gasteiger partial charge in [0.1, 0.15) is 11.2 Å². The fourth-order valence-corrected chi connectivity index (χ4v) is 3.79. The Bertz CT molecular complexity index is 1340. The number of rotatable bonds is 9. The minimum absolute atomic E-state index is 0.272.